The van der Waals surface area contributed by atoms with Crippen molar-refractivity contribution in [3.8, 4) is 17.1 Å². The molecule has 0 atom stereocenters. The standard InChI is InChI=1S/C11H10N2O3/c12-10-4-9(16-13-10)8-3-1-2-7-5-14-6-15-11(7)8/h1-4H,5-6H2,(H2,12,13). The van der Waals surface area contributed by atoms with E-state index in [-0.39, 0.29) is 6.79 Å². The fraction of sp³-hybridized carbons (Fsp3) is 0.182. The number of benzene rings is 1. The Labute approximate surface area is 91.7 Å². The van der Waals surface area contributed by atoms with E-state index in [1.165, 1.54) is 0 Å². The highest BCUT2D eigenvalue weighted by molar-refractivity contribution is 5.69. The first kappa shape index (κ1) is 9.23. The van der Waals surface area contributed by atoms with E-state index in [0.29, 0.717) is 18.2 Å². The van der Waals surface area contributed by atoms with Crippen LogP contribution in [0.4, 0.5) is 5.82 Å². The summed E-state index contributed by atoms with van der Waals surface area (Å²) in [5, 5.41) is 3.66. The van der Waals surface area contributed by atoms with E-state index in [1.54, 1.807) is 6.07 Å². The molecule has 0 fully saturated rings. The van der Waals surface area contributed by atoms with E-state index < -0.39 is 0 Å². The molecular weight excluding hydrogens is 208 g/mol. The molecule has 0 radical (unpaired) electrons. The topological polar surface area (TPSA) is 70.5 Å². The van der Waals surface area contributed by atoms with Gasteiger partial charge in [0.25, 0.3) is 0 Å². The second kappa shape index (κ2) is 3.53. The van der Waals surface area contributed by atoms with Gasteiger partial charge in [-0.2, -0.15) is 0 Å². The molecule has 3 rings (SSSR count). The molecule has 0 saturated carbocycles. The third-order valence-electron chi connectivity index (χ3n) is 2.43. The monoisotopic (exact) mass is 218 g/mol. The third-order valence-corrected chi connectivity index (χ3v) is 2.43. The molecular formula is C11H10N2O3. The smallest absolute Gasteiger partial charge is 0.189 e. The lowest BCUT2D eigenvalue weighted by molar-refractivity contribution is -0.0160. The molecule has 2 heterocycles. The molecule has 5 nitrogen and oxygen atoms in total. The summed E-state index contributed by atoms with van der Waals surface area (Å²) < 4.78 is 15.8. The largest absolute Gasteiger partial charge is 0.466 e. The minimum Gasteiger partial charge on any atom is -0.466 e. The number of aromatic nitrogens is 1. The highest BCUT2D eigenvalue weighted by atomic mass is 16.7. The van der Waals surface area contributed by atoms with E-state index in [4.69, 9.17) is 19.7 Å². The van der Waals surface area contributed by atoms with Gasteiger partial charge in [-0.25, -0.2) is 0 Å². The Morgan fingerprint density at radius 1 is 1.31 bits per heavy atom. The SMILES string of the molecule is Nc1cc(-c2cccc3c2OCOC3)on1. The number of fused-ring (bicyclic) bond motifs is 1. The van der Waals surface area contributed by atoms with Crippen molar-refractivity contribution in [2.75, 3.05) is 12.5 Å². The Balaban J connectivity index is 2.13. The molecule has 2 N–H and O–H groups in total. The van der Waals surface area contributed by atoms with Crippen LogP contribution < -0.4 is 10.5 Å². The van der Waals surface area contributed by atoms with Gasteiger partial charge in [-0.3, -0.25) is 0 Å². The maximum absolute atomic E-state index is 5.52. The van der Waals surface area contributed by atoms with Gasteiger partial charge in [-0.15, -0.1) is 0 Å². The number of hydrogen-bond acceptors (Lipinski definition) is 5. The zero-order chi connectivity index (χ0) is 11.0. The van der Waals surface area contributed by atoms with Gasteiger partial charge in [0.2, 0.25) is 0 Å². The number of hydrogen-bond donors (Lipinski definition) is 1. The van der Waals surface area contributed by atoms with Crippen LogP contribution >= 0.6 is 0 Å². The van der Waals surface area contributed by atoms with Crippen molar-refractivity contribution in [3.63, 3.8) is 0 Å². The van der Waals surface area contributed by atoms with Gasteiger partial charge in [-0.05, 0) is 6.07 Å². The van der Waals surface area contributed by atoms with Crippen LogP contribution in [0, 0.1) is 0 Å². The number of para-hydroxylation sites is 1. The van der Waals surface area contributed by atoms with Crippen LogP contribution in [0.2, 0.25) is 0 Å². The summed E-state index contributed by atoms with van der Waals surface area (Å²) in [6.45, 7) is 0.806. The maximum atomic E-state index is 5.52. The first-order valence-electron chi connectivity index (χ1n) is 4.89. The lowest BCUT2D eigenvalue weighted by Gasteiger charge is -2.19. The highest BCUT2D eigenvalue weighted by Crippen LogP contribution is 2.36. The Morgan fingerprint density at radius 3 is 3.06 bits per heavy atom. The van der Waals surface area contributed by atoms with Crippen LogP contribution in [0.5, 0.6) is 5.75 Å². The number of ether oxygens (including phenoxy) is 2. The predicted molar refractivity (Wildman–Crippen MR) is 56.6 cm³/mol. The highest BCUT2D eigenvalue weighted by Gasteiger charge is 2.18. The van der Waals surface area contributed by atoms with Crippen molar-refractivity contribution in [2.45, 2.75) is 6.61 Å². The van der Waals surface area contributed by atoms with Crippen molar-refractivity contribution in [2.24, 2.45) is 0 Å². The van der Waals surface area contributed by atoms with Crippen molar-refractivity contribution in [1.29, 1.82) is 0 Å². The molecule has 0 spiro atoms. The average molecular weight is 218 g/mol. The van der Waals surface area contributed by atoms with Gasteiger partial charge < -0.3 is 19.7 Å². The van der Waals surface area contributed by atoms with Crippen molar-refractivity contribution >= 4 is 5.82 Å². The second-order valence-corrected chi connectivity index (χ2v) is 3.52. The van der Waals surface area contributed by atoms with Gasteiger partial charge in [0.15, 0.2) is 18.4 Å². The fourth-order valence-electron chi connectivity index (χ4n) is 1.73. The third kappa shape index (κ3) is 1.42. The van der Waals surface area contributed by atoms with E-state index in [1.807, 2.05) is 18.2 Å². The van der Waals surface area contributed by atoms with E-state index in [2.05, 4.69) is 5.16 Å². The van der Waals surface area contributed by atoms with Crippen LogP contribution in [0.15, 0.2) is 28.8 Å². The minimum atomic E-state index is 0.258. The van der Waals surface area contributed by atoms with Crippen LogP contribution in [-0.2, 0) is 11.3 Å². The number of nitrogens with zero attached hydrogens (tertiary/aromatic N) is 1. The average Bonchev–Trinajstić information content (AvgIpc) is 2.75. The predicted octanol–water partition coefficient (Wildman–Crippen LogP) is 1.79. The fourth-order valence-corrected chi connectivity index (χ4v) is 1.73. The quantitative estimate of drug-likeness (QED) is 0.790. The van der Waals surface area contributed by atoms with E-state index in [9.17, 15) is 0 Å². The molecule has 0 amide bonds. The lowest BCUT2D eigenvalue weighted by atomic mass is 10.1. The molecule has 0 bridgehead atoms. The van der Waals surface area contributed by atoms with Gasteiger partial charge in [0.1, 0.15) is 5.75 Å². The molecule has 0 unspecified atom stereocenters. The molecule has 1 aromatic carbocycles. The molecule has 16 heavy (non-hydrogen) atoms. The lowest BCUT2D eigenvalue weighted by Crippen LogP contribution is -2.11. The van der Waals surface area contributed by atoms with Gasteiger partial charge in [0.05, 0.1) is 12.2 Å². The Hall–Kier alpha value is -2.01. The van der Waals surface area contributed by atoms with Crippen LogP contribution in [0.1, 0.15) is 5.56 Å². The number of nitrogen functional groups attached to an aromatic ring is 1. The number of anilines is 1. The first-order chi connectivity index (χ1) is 7.84. The normalized spacial score (nSPS) is 14.2. The van der Waals surface area contributed by atoms with Gasteiger partial charge >= 0.3 is 0 Å². The zero-order valence-corrected chi connectivity index (χ0v) is 8.47. The maximum Gasteiger partial charge on any atom is 0.189 e. The number of rotatable bonds is 1. The molecule has 5 heteroatoms. The summed E-state index contributed by atoms with van der Waals surface area (Å²) in [5.74, 6) is 1.75. The molecule has 82 valence electrons. The summed E-state index contributed by atoms with van der Waals surface area (Å²) in [4.78, 5) is 0. The first-order valence-corrected chi connectivity index (χ1v) is 4.89. The van der Waals surface area contributed by atoms with Crippen molar-refractivity contribution in [1.82, 2.24) is 5.16 Å². The van der Waals surface area contributed by atoms with Crippen LogP contribution in [0.25, 0.3) is 11.3 Å². The van der Waals surface area contributed by atoms with Crippen molar-refractivity contribution < 1.29 is 14.0 Å². The van der Waals surface area contributed by atoms with Crippen LogP contribution in [0.3, 0.4) is 0 Å². The summed E-state index contributed by atoms with van der Waals surface area (Å²) in [6, 6.07) is 7.46. The Kier molecular flexibility index (Phi) is 2.04. The van der Waals surface area contributed by atoms with E-state index in [0.717, 1.165) is 16.9 Å². The minimum absolute atomic E-state index is 0.258. The summed E-state index contributed by atoms with van der Waals surface area (Å²) in [5.41, 5.74) is 7.37. The second-order valence-electron chi connectivity index (χ2n) is 3.52. The Morgan fingerprint density at radius 2 is 2.25 bits per heavy atom. The van der Waals surface area contributed by atoms with Gasteiger partial charge in [-0.1, -0.05) is 17.3 Å². The Bertz CT molecular complexity index is 522. The van der Waals surface area contributed by atoms with Crippen molar-refractivity contribution in [3.05, 3.63) is 29.8 Å². The van der Waals surface area contributed by atoms with Crippen LogP contribution in [-0.4, -0.2) is 11.9 Å². The zero-order valence-electron chi connectivity index (χ0n) is 8.47. The van der Waals surface area contributed by atoms with Gasteiger partial charge in [0, 0.05) is 11.6 Å². The summed E-state index contributed by atoms with van der Waals surface area (Å²) in [7, 11) is 0. The molecule has 1 aromatic heterocycles. The molecule has 0 saturated heterocycles. The molecule has 2 aromatic rings. The summed E-state index contributed by atoms with van der Waals surface area (Å²) in [6.07, 6.45) is 0. The summed E-state index contributed by atoms with van der Waals surface area (Å²) >= 11 is 0. The molecule has 1 aliphatic heterocycles. The molecule has 1 aliphatic rings. The van der Waals surface area contributed by atoms with E-state index >= 15 is 0 Å². The number of nitrogens with two attached hydrogens (primary N) is 1. The molecule has 0 aliphatic carbocycles.